The van der Waals surface area contributed by atoms with Crippen molar-refractivity contribution in [1.29, 1.82) is 0 Å². The molecule has 0 spiro atoms. The molecular formula is C27H31FN4O2. The summed E-state index contributed by atoms with van der Waals surface area (Å²) < 4.78 is 21.6. The number of aromatic nitrogens is 2. The average molecular weight is 463 g/mol. The van der Waals surface area contributed by atoms with Crippen LogP contribution in [0.5, 0.6) is 5.75 Å². The Morgan fingerprint density at radius 3 is 2.85 bits per heavy atom. The molecule has 1 aromatic heterocycles. The van der Waals surface area contributed by atoms with Gasteiger partial charge in [0.15, 0.2) is 5.84 Å². The lowest BCUT2D eigenvalue weighted by molar-refractivity contribution is 0.140. The Morgan fingerprint density at radius 2 is 2.09 bits per heavy atom. The number of rotatable bonds is 4. The smallest absolute Gasteiger partial charge is 0.171 e. The number of hydrogen-bond acceptors (Lipinski definition) is 5. The van der Waals surface area contributed by atoms with E-state index in [-0.39, 0.29) is 19.3 Å². The lowest BCUT2D eigenvalue weighted by Gasteiger charge is -2.36. The molecule has 1 saturated heterocycles. The van der Waals surface area contributed by atoms with Crippen LogP contribution in [0.15, 0.2) is 65.7 Å². The van der Waals surface area contributed by atoms with Crippen molar-refractivity contribution in [1.82, 2.24) is 14.5 Å². The minimum absolute atomic E-state index is 0. The lowest BCUT2D eigenvalue weighted by atomic mass is 9.95. The summed E-state index contributed by atoms with van der Waals surface area (Å²) >= 11 is 0. The molecule has 0 aliphatic carbocycles. The predicted molar refractivity (Wildman–Crippen MR) is 133 cm³/mol. The largest absolute Gasteiger partial charge is 0.495 e. The summed E-state index contributed by atoms with van der Waals surface area (Å²) in [6.07, 6.45) is 8.57. The van der Waals surface area contributed by atoms with Crippen molar-refractivity contribution in [3.8, 4) is 11.4 Å². The maximum atomic E-state index is 13.9. The second-order valence-corrected chi connectivity index (χ2v) is 8.43. The van der Waals surface area contributed by atoms with Crippen LogP contribution in [0.2, 0.25) is 0 Å². The number of methoxy groups -OCH3 is 1. The number of hydrogen-bond donors (Lipinski definition) is 0. The highest BCUT2D eigenvalue weighted by atomic mass is 19.1. The molecule has 0 unspecified atom stereocenters. The summed E-state index contributed by atoms with van der Waals surface area (Å²) in [7, 11) is 1.68. The molecular weight excluding hydrogens is 431 g/mol. The maximum Gasteiger partial charge on any atom is 0.171 e. The van der Waals surface area contributed by atoms with E-state index < -0.39 is 0 Å². The Labute approximate surface area is 200 Å². The predicted octanol–water partition coefficient (Wildman–Crippen LogP) is 5.92. The molecule has 178 valence electrons. The van der Waals surface area contributed by atoms with Crippen molar-refractivity contribution in [2.24, 2.45) is 5.16 Å². The van der Waals surface area contributed by atoms with E-state index in [4.69, 9.17) is 9.57 Å². The highest BCUT2D eigenvalue weighted by Crippen LogP contribution is 2.34. The van der Waals surface area contributed by atoms with Crippen LogP contribution in [0.3, 0.4) is 0 Å². The third-order valence-electron chi connectivity index (χ3n) is 6.18. The summed E-state index contributed by atoms with van der Waals surface area (Å²) in [6, 6.07) is 13.0. The number of nitrogens with zero attached hydrogens (tertiary/aromatic N) is 4. The van der Waals surface area contributed by atoms with Gasteiger partial charge in [-0.1, -0.05) is 30.8 Å². The van der Waals surface area contributed by atoms with Gasteiger partial charge in [-0.3, -0.25) is 0 Å². The molecule has 3 aromatic rings. The molecule has 6 nitrogen and oxygen atoms in total. The number of halogens is 1. The molecule has 5 rings (SSSR count). The first-order chi connectivity index (χ1) is 16.1. The molecule has 0 saturated carbocycles. The molecule has 3 heterocycles. The monoisotopic (exact) mass is 462 g/mol. The second-order valence-electron chi connectivity index (χ2n) is 8.43. The van der Waals surface area contributed by atoms with Crippen molar-refractivity contribution in [2.45, 2.75) is 39.7 Å². The molecule has 2 aliphatic rings. The Kier molecular flexibility index (Phi) is 7.01. The van der Waals surface area contributed by atoms with Crippen molar-refractivity contribution in [3.63, 3.8) is 0 Å². The highest BCUT2D eigenvalue weighted by molar-refractivity contribution is 6.02. The van der Waals surface area contributed by atoms with E-state index in [2.05, 4.69) is 27.2 Å². The minimum atomic E-state index is -0.218. The van der Waals surface area contributed by atoms with Gasteiger partial charge in [0, 0.05) is 19.2 Å². The number of oxime groups is 1. The Balaban J connectivity index is 0.00000274. The number of ether oxygens (including phenoxy) is 1. The van der Waals surface area contributed by atoms with Crippen LogP contribution in [0, 0.1) is 12.7 Å². The van der Waals surface area contributed by atoms with E-state index >= 15 is 0 Å². The van der Waals surface area contributed by atoms with Gasteiger partial charge in [-0.15, -0.1) is 0 Å². The van der Waals surface area contributed by atoms with E-state index in [1.54, 1.807) is 25.6 Å². The third-order valence-corrected chi connectivity index (χ3v) is 6.18. The van der Waals surface area contributed by atoms with Gasteiger partial charge in [-0.05, 0) is 66.8 Å². The van der Waals surface area contributed by atoms with Gasteiger partial charge in [-0.2, -0.15) is 0 Å². The van der Waals surface area contributed by atoms with Gasteiger partial charge < -0.3 is 19.0 Å². The zero-order chi connectivity index (χ0) is 22.8. The second kappa shape index (κ2) is 10.1. The lowest BCUT2D eigenvalue weighted by Crippen LogP contribution is -2.39. The van der Waals surface area contributed by atoms with Crippen LogP contribution in [-0.2, 0) is 4.84 Å². The topological polar surface area (TPSA) is 51.9 Å². The number of benzene rings is 2. The molecule has 0 bridgehead atoms. The fourth-order valence-corrected chi connectivity index (χ4v) is 4.63. The molecule has 2 aromatic carbocycles. The fourth-order valence-electron chi connectivity index (χ4n) is 4.63. The SMILES string of the molecule is C.COc1cc(/C=C2\CCCN3C2=NOCC[C@@H]3c2cccc(F)c2)ccc1-n1cnc(C)c1. The molecule has 0 N–H and O–H groups in total. The standard InChI is InChI=1S/C26H27FN4O2.CH4/c1-18-16-30(17-28-18)24-9-8-19(14-25(24)32-2)13-21-6-4-11-31-23(10-12-33-29-26(21)31)20-5-3-7-22(27)15-20;/h3,5,7-9,13-17,23H,4,6,10-12H2,1-2H3;1H4/b21-13+;/t23-;/m1./s1. The van der Waals surface area contributed by atoms with Crippen LogP contribution in [0.25, 0.3) is 11.8 Å². The summed E-state index contributed by atoms with van der Waals surface area (Å²) in [6.45, 7) is 3.33. The number of imidazole rings is 1. The summed E-state index contributed by atoms with van der Waals surface area (Å²) in [4.78, 5) is 12.2. The molecule has 0 amide bonds. The average Bonchev–Trinajstić information content (AvgIpc) is 3.13. The van der Waals surface area contributed by atoms with Crippen molar-refractivity contribution in [3.05, 3.63) is 83.2 Å². The fraction of sp³-hybridized carbons (Fsp3) is 0.333. The Hall–Kier alpha value is -3.61. The maximum absolute atomic E-state index is 13.9. The minimum Gasteiger partial charge on any atom is -0.495 e. The quantitative estimate of drug-likeness (QED) is 0.483. The Morgan fingerprint density at radius 1 is 1.21 bits per heavy atom. The third kappa shape index (κ3) is 4.69. The number of fused-ring (bicyclic) bond motifs is 1. The summed E-state index contributed by atoms with van der Waals surface area (Å²) in [5.74, 6) is 1.39. The van der Waals surface area contributed by atoms with E-state index in [0.29, 0.717) is 6.61 Å². The first-order valence-electron chi connectivity index (χ1n) is 11.2. The summed E-state index contributed by atoms with van der Waals surface area (Å²) in [5, 5.41) is 4.47. The first-order valence-corrected chi connectivity index (χ1v) is 11.2. The number of amidine groups is 1. The molecule has 1 atom stereocenters. The molecule has 34 heavy (non-hydrogen) atoms. The summed E-state index contributed by atoms with van der Waals surface area (Å²) in [5.41, 5.74) is 4.98. The molecule has 0 radical (unpaired) electrons. The van der Waals surface area contributed by atoms with Gasteiger partial charge in [0.05, 0.1) is 30.9 Å². The van der Waals surface area contributed by atoms with Crippen LogP contribution in [0.4, 0.5) is 4.39 Å². The van der Waals surface area contributed by atoms with Crippen molar-refractivity contribution < 1.29 is 14.0 Å². The molecule has 2 aliphatic heterocycles. The van der Waals surface area contributed by atoms with Crippen LogP contribution in [0.1, 0.15) is 49.6 Å². The van der Waals surface area contributed by atoms with Gasteiger partial charge in [-0.25, -0.2) is 9.37 Å². The van der Waals surface area contributed by atoms with Gasteiger partial charge >= 0.3 is 0 Å². The van der Waals surface area contributed by atoms with Gasteiger partial charge in [0.25, 0.3) is 0 Å². The molecule has 1 fully saturated rings. The number of piperidine rings is 1. The Bertz CT molecular complexity index is 1220. The van der Waals surface area contributed by atoms with E-state index in [1.807, 2.05) is 35.9 Å². The number of aryl methyl sites for hydroxylation is 1. The first kappa shape index (κ1) is 23.5. The van der Waals surface area contributed by atoms with Crippen LogP contribution < -0.4 is 4.74 Å². The van der Waals surface area contributed by atoms with Crippen LogP contribution >= 0.6 is 0 Å². The van der Waals surface area contributed by atoms with E-state index in [9.17, 15) is 4.39 Å². The van der Waals surface area contributed by atoms with Crippen LogP contribution in [-0.4, -0.2) is 40.5 Å². The zero-order valence-electron chi connectivity index (χ0n) is 18.9. The van der Waals surface area contributed by atoms with E-state index in [1.165, 1.54) is 6.07 Å². The molecule has 7 heteroatoms. The van der Waals surface area contributed by atoms with Crippen molar-refractivity contribution in [2.75, 3.05) is 20.3 Å². The van der Waals surface area contributed by atoms with Crippen molar-refractivity contribution >= 4 is 11.9 Å². The van der Waals surface area contributed by atoms with Gasteiger partial charge in [0.2, 0.25) is 0 Å². The van der Waals surface area contributed by atoms with Gasteiger partial charge in [0.1, 0.15) is 18.2 Å². The zero-order valence-corrected chi connectivity index (χ0v) is 18.9. The highest BCUT2D eigenvalue weighted by Gasteiger charge is 2.31. The van der Waals surface area contributed by atoms with E-state index in [0.717, 1.165) is 65.5 Å². The normalized spacial score (nSPS) is 18.9.